The van der Waals surface area contributed by atoms with Gasteiger partial charge in [-0.05, 0) is 43.5 Å². The summed E-state index contributed by atoms with van der Waals surface area (Å²) < 4.78 is 7.71. The first-order valence-electron chi connectivity index (χ1n) is 7.05. The van der Waals surface area contributed by atoms with E-state index in [0.29, 0.717) is 6.61 Å². The predicted molar refractivity (Wildman–Crippen MR) is 85.9 cm³/mol. The van der Waals surface area contributed by atoms with Gasteiger partial charge in [-0.25, -0.2) is 4.98 Å². The molecule has 0 saturated carbocycles. The lowest BCUT2D eigenvalue weighted by atomic mass is 10.1. The van der Waals surface area contributed by atoms with Gasteiger partial charge in [0.25, 0.3) is 0 Å². The molecule has 1 aromatic heterocycles. The van der Waals surface area contributed by atoms with E-state index in [0.717, 1.165) is 28.8 Å². The van der Waals surface area contributed by atoms with Crippen molar-refractivity contribution in [3.63, 3.8) is 0 Å². The molecule has 0 aliphatic carbocycles. The molecule has 0 fully saturated rings. The van der Waals surface area contributed by atoms with Crippen LogP contribution in [-0.2, 0) is 13.7 Å². The van der Waals surface area contributed by atoms with E-state index in [-0.39, 0.29) is 6.61 Å². The lowest BCUT2D eigenvalue weighted by Crippen LogP contribution is -2.01. The van der Waals surface area contributed by atoms with E-state index in [1.54, 1.807) is 18.0 Å². The number of aryl methyl sites for hydroxylation is 2. The van der Waals surface area contributed by atoms with Gasteiger partial charge in [-0.15, -0.1) is 0 Å². The molecule has 4 nitrogen and oxygen atoms in total. The van der Waals surface area contributed by atoms with E-state index in [4.69, 9.17) is 9.84 Å². The number of benzene rings is 1. The molecule has 1 aromatic carbocycles. The third kappa shape index (κ3) is 4.51. The Morgan fingerprint density at radius 2 is 1.95 bits per heavy atom. The second-order valence-corrected chi connectivity index (χ2v) is 6.19. The molecule has 2 aromatic rings. The lowest BCUT2D eigenvalue weighted by Gasteiger charge is -2.08. The van der Waals surface area contributed by atoms with Gasteiger partial charge in [0.05, 0.1) is 25.1 Å². The summed E-state index contributed by atoms with van der Waals surface area (Å²) in [5.74, 6) is 1.89. The van der Waals surface area contributed by atoms with Crippen LogP contribution in [0.2, 0.25) is 0 Å². The molecule has 21 heavy (non-hydrogen) atoms. The molecular formula is C16H22N2O2S. The Labute approximate surface area is 130 Å². The van der Waals surface area contributed by atoms with E-state index in [9.17, 15) is 0 Å². The summed E-state index contributed by atoms with van der Waals surface area (Å²) in [4.78, 5) is 4.29. The van der Waals surface area contributed by atoms with Crippen LogP contribution in [0.5, 0.6) is 5.75 Å². The van der Waals surface area contributed by atoms with Crippen molar-refractivity contribution < 1.29 is 9.84 Å². The minimum atomic E-state index is 0.0277. The van der Waals surface area contributed by atoms with Gasteiger partial charge in [-0.2, -0.15) is 0 Å². The average molecular weight is 306 g/mol. The summed E-state index contributed by atoms with van der Waals surface area (Å²) in [6.45, 7) is 4.89. The van der Waals surface area contributed by atoms with Crippen LogP contribution < -0.4 is 4.74 Å². The predicted octanol–water partition coefficient (Wildman–Crippen LogP) is 3.09. The number of thioether (sulfide) groups is 1. The minimum absolute atomic E-state index is 0.0277. The van der Waals surface area contributed by atoms with Gasteiger partial charge in [0.15, 0.2) is 5.16 Å². The van der Waals surface area contributed by atoms with Crippen molar-refractivity contribution in [1.82, 2.24) is 9.55 Å². The third-order valence-electron chi connectivity index (χ3n) is 3.19. The van der Waals surface area contributed by atoms with Crippen LogP contribution in [0.3, 0.4) is 0 Å². The van der Waals surface area contributed by atoms with Crippen molar-refractivity contribution in [2.45, 2.75) is 32.0 Å². The second-order valence-electron chi connectivity index (χ2n) is 5.12. The van der Waals surface area contributed by atoms with E-state index in [2.05, 4.69) is 37.0 Å². The lowest BCUT2D eigenvalue weighted by molar-refractivity contribution is 0.271. The van der Waals surface area contributed by atoms with Crippen molar-refractivity contribution >= 4 is 11.8 Å². The molecule has 0 amide bonds. The highest BCUT2D eigenvalue weighted by atomic mass is 32.2. The zero-order valence-electron chi connectivity index (χ0n) is 12.8. The summed E-state index contributed by atoms with van der Waals surface area (Å²) in [6, 6.07) is 6.27. The maximum absolute atomic E-state index is 9.12. The topological polar surface area (TPSA) is 47.3 Å². The minimum Gasteiger partial charge on any atom is -0.494 e. The number of ether oxygens (including phenoxy) is 1. The van der Waals surface area contributed by atoms with Crippen molar-refractivity contribution in [3.05, 3.63) is 41.2 Å². The Hall–Kier alpha value is -1.46. The first-order valence-corrected chi connectivity index (χ1v) is 8.04. The zero-order chi connectivity index (χ0) is 15.2. The Bertz CT molecular complexity index is 576. The monoisotopic (exact) mass is 306 g/mol. The third-order valence-corrected chi connectivity index (χ3v) is 4.32. The Morgan fingerprint density at radius 1 is 1.24 bits per heavy atom. The molecule has 0 atom stereocenters. The van der Waals surface area contributed by atoms with Crippen molar-refractivity contribution in [3.8, 4) is 5.75 Å². The quantitative estimate of drug-likeness (QED) is 0.631. The molecule has 0 saturated heterocycles. The smallest absolute Gasteiger partial charge is 0.167 e. The van der Waals surface area contributed by atoms with Crippen LogP contribution in [0.25, 0.3) is 0 Å². The largest absolute Gasteiger partial charge is 0.494 e. The highest BCUT2D eigenvalue weighted by Crippen LogP contribution is 2.19. The summed E-state index contributed by atoms with van der Waals surface area (Å²) in [7, 11) is 1.92. The maximum Gasteiger partial charge on any atom is 0.167 e. The Kier molecular flexibility index (Phi) is 5.70. The molecule has 0 bridgehead atoms. The fraction of sp³-hybridized carbons (Fsp3) is 0.438. The summed E-state index contributed by atoms with van der Waals surface area (Å²) in [5, 5.41) is 10.1. The number of nitrogens with zero attached hydrogens (tertiary/aromatic N) is 2. The first kappa shape index (κ1) is 15.9. The van der Waals surface area contributed by atoms with Crippen LogP contribution in [0.1, 0.15) is 23.2 Å². The Balaban J connectivity index is 1.73. The average Bonchev–Trinajstić information content (AvgIpc) is 2.78. The molecule has 114 valence electrons. The van der Waals surface area contributed by atoms with Crippen LogP contribution in [0.15, 0.2) is 29.6 Å². The molecule has 0 aliphatic heterocycles. The molecule has 5 heteroatoms. The highest BCUT2D eigenvalue weighted by Gasteiger charge is 2.05. The van der Waals surface area contributed by atoms with Gasteiger partial charge in [0.1, 0.15) is 5.75 Å². The van der Waals surface area contributed by atoms with Crippen LogP contribution in [0.4, 0.5) is 0 Å². The van der Waals surface area contributed by atoms with Crippen molar-refractivity contribution in [2.24, 2.45) is 7.05 Å². The molecule has 0 unspecified atom stereocenters. The second kappa shape index (κ2) is 7.52. The maximum atomic E-state index is 9.12. The molecular weight excluding hydrogens is 284 g/mol. The van der Waals surface area contributed by atoms with Gasteiger partial charge >= 0.3 is 0 Å². The number of aromatic nitrogens is 2. The summed E-state index contributed by atoms with van der Waals surface area (Å²) in [6.07, 6.45) is 2.67. The first-order chi connectivity index (χ1) is 10.1. The van der Waals surface area contributed by atoms with Gasteiger partial charge in [0.2, 0.25) is 0 Å². The fourth-order valence-electron chi connectivity index (χ4n) is 2.14. The summed E-state index contributed by atoms with van der Waals surface area (Å²) in [5.41, 5.74) is 3.29. The van der Waals surface area contributed by atoms with Gasteiger partial charge < -0.3 is 14.4 Å². The zero-order valence-corrected chi connectivity index (χ0v) is 13.6. The molecule has 0 aliphatic rings. The van der Waals surface area contributed by atoms with E-state index >= 15 is 0 Å². The standard InChI is InChI=1S/C16H22N2O2S/c1-12-7-13(2)9-15(8-12)20-5-4-6-21-16-17-10-14(11-19)18(16)3/h7-10,19H,4-6,11H2,1-3H3. The molecule has 1 N–H and O–H groups in total. The van der Waals surface area contributed by atoms with Gasteiger partial charge in [-0.1, -0.05) is 17.8 Å². The fourth-order valence-corrected chi connectivity index (χ4v) is 3.02. The van der Waals surface area contributed by atoms with Crippen LogP contribution in [-0.4, -0.2) is 27.0 Å². The van der Waals surface area contributed by atoms with Crippen LogP contribution in [0, 0.1) is 13.8 Å². The molecule has 2 rings (SSSR count). The van der Waals surface area contributed by atoms with E-state index in [1.165, 1.54) is 11.1 Å². The molecule has 0 spiro atoms. The molecule has 0 radical (unpaired) electrons. The SMILES string of the molecule is Cc1cc(C)cc(OCCCSc2ncc(CO)n2C)c1. The van der Waals surface area contributed by atoms with Crippen molar-refractivity contribution in [2.75, 3.05) is 12.4 Å². The Morgan fingerprint density at radius 3 is 2.57 bits per heavy atom. The summed E-state index contributed by atoms with van der Waals surface area (Å²) >= 11 is 1.69. The number of rotatable bonds is 7. The molecule has 1 heterocycles. The van der Waals surface area contributed by atoms with E-state index < -0.39 is 0 Å². The number of aliphatic hydroxyl groups is 1. The van der Waals surface area contributed by atoms with Crippen LogP contribution >= 0.6 is 11.8 Å². The van der Waals surface area contributed by atoms with E-state index in [1.807, 2.05) is 11.6 Å². The number of aliphatic hydroxyl groups excluding tert-OH is 1. The number of hydrogen-bond donors (Lipinski definition) is 1. The van der Waals surface area contributed by atoms with Gasteiger partial charge in [-0.3, -0.25) is 0 Å². The number of imidazole rings is 1. The normalized spacial score (nSPS) is 10.9. The van der Waals surface area contributed by atoms with Gasteiger partial charge in [0, 0.05) is 12.8 Å². The highest BCUT2D eigenvalue weighted by molar-refractivity contribution is 7.99. The van der Waals surface area contributed by atoms with Crippen molar-refractivity contribution in [1.29, 1.82) is 0 Å². The number of hydrogen-bond acceptors (Lipinski definition) is 4.